The van der Waals surface area contributed by atoms with Gasteiger partial charge in [-0.05, 0) is 68.2 Å². The summed E-state index contributed by atoms with van der Waals surface area (Å²) in [6, 6.07) is 7.20. The first kappa shape index (κ1) is 16.7. The molecule has 6 heteroatoms. The zero-order valence-corrected chi connectivity index (χ0v) is 14.9. The van der Waals surface area contributed by atoms with Crippen molar-refractivity contribution in [3.8, 4) is 0 Å². The van der Waals surface area contributed by atoms with E-state index in [0.717, 1.165) is 43.5 Å². The van der Waals surface area contributed by atoms with E-state index in [1.807, 2.05) is 12.1 Å². The molecule has 1 aliphatic rings. The van der Waals surface area contributed by atoms with Crippen molar-refractivity contribution in [1.29, 1.82) is 0 Å². The lowest BCUT2D eigenvalue weighted by molar-refractivity contribution is 0.102. The lowest BCUT2D eigenvalue weighted by Gasteiger charge is -2.30. The van der Waals surface area contributed by atoms with Gasteiger partial charge in [-0.3, -0.25) is 9.78 Å². The standard InChI is InChI=1S/C20H23N5O/c1-2-25-11-7-14(8-12-25)16-13-22-17-3-4-18(23-19(16)17)24-20(26)15-5-9-21-10-6-15/h3-6,9-10,13-14,22H,2,7-8,11-12H2,1H3,(H,23,24,26). The number of nitrogens with one attached hydrogen (secondary N) is 2. The van der Waals surface area contributed by atoms with Crippen LogP contribution in [0.5, 0.6) is 0 Å². The molecule has 134 valence electrons. The Kier molecular flexibility index (Phi) is 4.67. The predicted molar refractivity (Wildman–Crippen MR) is 102 cm³/mol. The summed E-state index contributed by atoms with van der Waals surface area (Å²) in [5.41, 5.74) is 3.81. The third-order valence-corrected chi connectivity index (χ3v) is 5.21. The summed E-state index contributed by atoms with van der Waals surface area (Å²) >= 11 is 0. The first-order valence-corrected chi connectivity index (χ1v) is 9.16. The fraction of sp³-hybridized carbons (Fsp3) is 0.350. The highest BCUT2D eigenvalue weighted by atomic mass is 16.1. The predicted octanol–water partition coefficient (Wildman–Crippen LogP) is 3.41. The van der Waals surface area contributed by atoms with E-state index in [0.29, 0.717) is 17.3 Å². The van der Waals surface area contributed by atoms with Crippen molar-refractivity contribution in [3.63, 3.8) is 0 Å². The summed E-state index contributed by atoms with van der Waals surface area (Å²) in [4.78, 5) is 26.8. The van der Waals surface area contributed by atoms with Gasteiger partial charge in [0.05, 0.1) is 11.0 Å². The van der Waals surface area contributed by atoms with Crippen molar-refractivity contribution < 1.29 is 4.79 Å². The molecule has 4 rings (SSSR count). The molecule has 3 aromatic heterocycles. The molecule has 0 bridgehead atoms. The van der Waals surface area contributed by atoms with Gasteiger partial charge in [0.15, 0.2) is 0 Å². The molecule has 2 N–H and O–H groups in total. The number of aromatic amines is 1. The number of fused-ring (bicyclic) bond motifs is 1. The highest BCUT2D eigenvalue weighted by molar-refractivity contribution is 6.04. The number of hydrogen-bond acceptors (Lipinski definition) is 4. The number of H-pyrrole nitrogens is 1. The van der Waals surface area contributed by atoms with E-state index in [2.05, 4.69) is 33.3 Å². The highest BCUT2D eigenvalue weighted by Crippen LogP contribution is 2.32. The van der Waals surface area contributed by atoms with Crippen LogP contribution in [0.25, 0.3) is 11.0 Å². The number of carbonyl (C=O) groups excluding carboxylic acids is 1. The summed E-state index contributed by atoms with van der Waals surface area (Å²) in [7, 11) is 0. The number of pyridine rings is 2. The third-order valence-electron chi connectivity index (χ3n) is 5.21. The lowest BCUT2D eigenvalue weighted by atomic mass is 9.90. The van der Waals surface area contributed by atoms with Gasteiger partial charge in [-0.15, -0.1) is 0 Å². The Morgan fingerprint density at radius 3 is 2.73 bits per heavy atom. The van der Waals surface area contributed by atoms with Crippen molar-refractivity contribution in [3.05, 3.63) is 54.0 Å². The Morgan fingerprint density at radius 2 is 2.00 bits per heavy atom. The molecule has 0 radical (unpaired) electrons. The molecule has 1 amide bonds. The Morgan fingerprint density at radius 1 is 1.23 bits per heavy atom. The van der Waals surface area contributed by atoms with Gasteiger partial charge in [0, 0.05) is 24.2 Å². The smallest absolute Gasteiger partial charge is 0.256 e. The summed E-state index contributed by atoms with van der Waals surface area (Å²) in [6.45, 7) is 5.59. The summed E-state index contributed by atoms with van der Waals surface area (Å²) in [5, 5.41) is 2.89. The minimum atomic E-state index is -0.174. The van der Waals surface area contributed by atoms with E-state index in [-0.39, 0.29) is 5.91 Å². The van der Waals surface area contributed by atoms with Crippen molar-refractivity contribution in [2.75, 3.05) is 25.0 Å². The van der Waals surface area contributed by atoms with E-state index < -0.39 is 0 Å². The first-order valence-electron chi connectivity index (χ1n) is 9.16. The number of rotatable bonds is 4. The van der Waals surface area contributed by atoms with Gasteiger partial charge in [0.1, 0.15) is 5.82 Å². The second kappa shape index (κ2) is 7.25. The zero-order valence-electron chi connectivity index (χ0n) is 14.9. The summed E-state index contributed by atoms with van der Waals surface area (Å²) < 4.78 is 0. The van der Waals surface area contributed by atoms with Crippen LogP contribution in [0.15, 0.2) is 42.9 Å². The largest absolute Gasteiger partial charge is 0.360 e. The van der Waals surface area contributed by atoms with Crippen LogP contribution in [0.2, 0.25) is 0 Å². The number of hydrogen-bond donors (Lipinski definition) is 2. The van der Waals surface area contributed by atoms with Crippen LogP contribution < -0.4 is 5.32 Å². The average Bonchev–Trinajstić information content (AvgIpc) is 3.12. The van der Waals surface area contributed by atoms with Gasteiger partial charge in [0.2, 0.25) is 0 Å². The fourth-order valence-electron chi connectivity index (χ4n) is 3.65. The molecule has 1 aliphatic heterocycles. The molecule has 0 aromatic carbocycles. The second-order valence-electron chi connectivity index (χ2n) is 6.74. The average molecular weight is 349 g/mol. The fourth-order valence-corrected chi connectivity index (χ4v) is 3.65. The molecule has 0 saturated carbocycles. The Labute approximate surface area is 152 Å². The van der Waals surface area contributed by atoms with Gasteiger partial charge in [-0.2, -0.15) is 0 Å². The zero-order chi connectivity index (χ0) is 17.9. The molecule has 1 saturated heterocycles. The van der Waals surface area contributed by atoms with Crippen LogP contribution in [0.1, 0.15) is 41.6 Å². The number of piperidine rings is 1. The Balaban J connectivity index is 1.56. The van der Waals surface area contributed by atoms with Gasteiger partial charge >= 0.3 is 0 Å². The number of carbonyl (C=O) groups is 1. The number of amides is 1. The number of likely N-dealkylation sites (tertiary alicyclic amines) is 1. The first-order chi connectivity index (χ1) is 12.7. The van der Waals surface area contributed by atoms with Gasteiger partial charge < -0.3 is 15.2 Å². The molecule has 6 nitrogen and oxygen atoms in total. The topological polar surface area (TPSA) is 73.9 Å². The number of nitrogens with zero attached hydrogens (tertiary/aromatic N) is 3. The van der Waals surface area contributed by atoms with Gasteiger partial charge in [-0.25, -0.2) is 4.98 Å². The molecule has 0 atom stereocenters. The van der Waals surface area contributed by atoms with Crippen LogP contribution in [0, 0.1) is 0 Å². The maximum absolute atomic E-state index is 12.4. The van der Waals surface area contributed by atoms with Crippen molar-refractivity contribution in [1.82, 2.24) is 19.9 Å². The molecule has 1 fully saturated rings. The van der Waals surface area contributed by atoms with Crippen molar-refractivity contribution >= 4 is 22.8 Å². The quantitative estimate of drug-likeness (QED) is 0.757. The normalized spacial score (nSPS) is 16.0. The van der Waals surface area contributed by atoms with E-state index in [4.69, 9.17) is 4.98 Å². The molecule has 26 heavy (non-hydrogen) atoms. The van der Waals surface area contributed by atoms with Crippen LogP contribution in [0.3, 0.4) is 0 Å². The Bertz CT molecular complexity index is 897. The molecule has 0 spiro atoms. The summed E-state index contributed by atoms with van der Waals surface area (Å²) in [6.07, 6.45) is 7.60. The van der Waals surface area contributed by atoms with E-state index in [1.165, 1.54) is 5.56 Å². The highest BCUT2D eigenvalue weighted by Gasteiger charge is 2.22. The molecule has 3 aromatic rings. The van der Waals surface area contributed by atoms with E-state index >= 15 is 0 Å². The molecular weight excluding hydrogens is 326 g/mol. The maximum atomic E-state index is 12.4. The van der Waals surface area contributed by atoms with Crippen molar-refractivity contribution in [2.24, 2.45) is 0 Å². The van der Waals surface area contributed by atoms with E-state index in [9.17, 15) is 4.79 Å². The molecular formula is C20H23N5O. The van der Waals surface area contributed by atoms with Crippen LogP contribution in [-0.2, 0) is 0 Å². The molecule has 4 heterocycles. The monoisotopic (exact) mass is 349 g/mol. The van der Waals surface area contributed by atoms with Gasteiger partial charge in [0.25, 0.3) is 5.91 Å². The Hall–Kier alpha value is -2.73. The molecule has 0 aliphatic carbocycles. The number of aromatic nitrogens is 3. The maximum Gasteiger partial charge on any atom is 0.256 e. The minimum absolute atomic E-state index is 0.174. The van der Waals surface area contributed by atoms with Crippen molar-refractivity contribution in [2.45, 2.75) is 25.7 Å². The number of anilines is 1. The minimum Gasteiger partial charge on any atom is -0.360 e. The third kappa shape index (κ3) is 3.32. The van der Waals surface area contributed by atoms with Gasteiger partial charge in [-0.1, -0.05) is 6.92 Å². The van der Waals surface area contributed by atoms with Crippen LogP contribution in [0.4, 0.5) is 5.82 Å². The molecule has 0 unspecified atom stereocenters. The second-order valence-corrected chi connectivity index (χ2v) is 6.74. The van der Waals surface area contributed by atoms with Crippen LogP contribution in [-0.4, -0.2) is 45.4 Å². The van der Waals surface area contributed by atoms with Crippen LogP contribution >= 0.6 is 0 Å². The summed E-state index contributed by atoms with van der Waals surface area (Å²) in [5.74, 6) is 0.920. The lowest BCUT2D eigenvalue weighted by Crippen LogP contribution is -2.32. The SMILES string of the molecule is CCN1CCC(c2c[nH]c3ccc(NC(=O)c4ccncc4)nc23)CC1. The van der Waals surface area contributed by atoms with E-state index in [1.54, 1.807) is 24.5 Å².